The molecule has 0 aromatic carbocycles. The third-order valence-corrected chi connectivity index (χ3v) is 0.750. The Kier molecular flexibility index (Phi) is 10.4. The fourth-order valence-electron chi connectivity index (χ4n) is 0.456. The molecule has 7 heavy (non-hydrogen) atoms. The van der Waals surface area contributed by atoms with Crippen LogP contribution in [0.3, 0.4) is 0 Å². The van der Waals surface area contributed by atoms with E-state index < -0.39 is 0 Å². The number of aliphatic imine (C=N–C) groups is 1. The van der Waals surface area contributed by atoms with Crippen LogP contribution >= 0.6 is 0 Å². The van der Waals surface area contributed by atoms with Crippen molar-refractivity contribution in [3.05, 3.63) is 0 Å². The van der Waals surface area contributed by atoms with Gasteiger partial charge in [-0.2, -0.15) is 0 Å². The van der Waals surface area contributed by atoms with Crippen LogP contribution < -0.4 is 0 Å². The zero-order valence-corrected chi connectivity index (χ0v) is 3.15. The number of rotatable bonds is 0. The van der Waals surface area contributed by atoms with Gasteiger partial charge in [-0.05, 0) is 19.1 Å². The topological polar surface area (TPSA) is 12.4 Å². The van der Waals surface area contributed by atoms with Crippen molar-refractivity contribution in [3.63, 3.8) is 0 Å². The molecular weight excluding hydrogens is 96.0 g/mol. The quantitative estimate of drug-likeness (QED) is 0.353. The average molecular weight is 107 g/mol. The van der Waals surface area contributed by atoms with E-state index in [9.17, 15) is 0 Å². The normalized spacial score (nSPS) is 14.9. The van der Waals surface area contributed by atoms with Crippen LogP contribution in [0.15, 0.2) is 4.99 Å². The first-order chi connectivity index (χ1) is 2.50. The van der Waals surface area contributed by atoms with Gasteiger partial charge >= 0.3 is 18.9 Å². The minimum absolute atomic E-state index is 0. The molecule has 0 N–H and O–H groups in total. The Morgan fingerprint density at radius 3 is 2.29 bits per heavy atom. The van der Waals surface area contributed by atoms with E-state index >= 15 is 0 Å². The molecule has 0 atom stereocenters. The molecule has 0 unspecified atom stereocenters. The van der Waals surface area contributed by atoms with E-state index in [4.69, 9.17) is 0 Å². The third-order valence-electron chi connectivity index (χ3n) is 0.750. The van der Waals surface area contributed by atoms with Crippen molar-refractivity contribution in [2.45, 2.75) is 12.8 Å². The second-order valence-electron chi connectivity index (χ2n) is 1.23. The molecule has 0 radical (unpaired) electrons. The van der Waals surface area contributed by atoms with E-state index in [0.717, 1.165) is 6.54 Å². The molecule has 1 aliphatic heterocycles. The van der Waals surface area contributed by atoms with E-state index in [1.54, 1.807) is 0 Å². The predicted octanol–water partition coefficient (Wildman–Crippen LogP) is -0.981. The molecule has 0 aliphatic carbocycles. The number of nitrogens with zero attached hydrogens (tertiary/aromatic N) is 1. The van der Waals surface area contributed by atoms with Crippen LogP contribution in [0, 0.1) is 0 Å². The van der Waals surface area contributed by atoms with Gasteiger partial charge in [0.1, 0.15) is 0 Å². The monoisotopic (exact) mass is 107 g/mol. The molecule has 0 aromatic heterocycles. The van der Waals surface area contributed by atoms with Crippen molar-refractivity contribution in [2.24, 2.45) is 4.99 Å². The Morgan fingerprint density at radius 1 is 1.43 bits per heavy atom. The molecule has 0 fully saturated rings. The van der Waals surface area contributed by atoms with E-state index in [1.807, 2.05) is 6.21 Å². The summed E-state index contributed by atoms with van der Waals surface area (Å²) in [5.41, 5.74) is 0. The zero-order valence-electron chi connectivity index (χ0n) is 3.15. The van der Waals surface area contributed by atoms with Gasteiger partial charge in [0.05, 0.1) is 0 Å². The average Bonchev–Trinajstić information content (AvgIpc) is 1.76. The summed E-state index contributed by atoms with van der Waals surface area (Å²) < 4.78 is 0. The van der Waals surface area contributed by atoms with E-state index in [2.05, 4.69) is 4.99 Å². The van der Waals surface area contributed by atoms with Gasteiger partial charge in [0.15, 0.2) is 17.4 Å². The van der Waals surface area contributed by atoms with Crippen LogP contribution in [0.2, 0.25) is 0 Å². The van der Waals surface area contributed by atoms with Gasteiger partial charge in [-0.1, -0.05) is 0 Å². The molecule has 0 bridgehead atoms. The van der Waals surface area contributed by atoms with Crippen molar-refractivity contribution in [1.29, 1.82) is 0 Å². The SMILES string of the molecule is C1=NCCC1.[AlH3].[LiH]. The third kappa shape index (κ3) is 4.66. The molecule has 36 valence electrons. The fraction of sp³-hybridized carbons (Fsp3) is 0.750. The van der Waals surface area contributed by atoms with Gasteiger partial charge in [0.25, 0.3) is 0 Å². The summed E-state index contributed by atoms with van der Waals surface area (Å²) in [5.74, 6) is 0. The Morgan fingerprint density at radius 2 is 2.14 bits per heavy atom. The first-order valence-electron chi connectivity index (χ1n) is 1.98. The Balaban J connectivity index is 0. The Bertz CT molecular complexity index is 49.7. The van der Waals surface area contributed by atoms with Gasteiger partial charge in [-0.3, -0.25) is 4.99 Å². The van der Waals surface area contributed by atoms with Gasteiger partial charge in [-0.15, -0.1) is 0 Å². The molecule has 0 aromatic rings. The van der Waals surface area contributed by atoms with Gasteiger partial charge in [0.2, 0.25) is 0 Å². The molecule has 1 rings (SSSR count). The summed E-state index contributed by atoms with van der Waals surface area (Å²) >= 11 is 0. The van der Waals surface area contributed by atoms with E-state index in [0.29, 0.717) is 0 Å². The molecule has 1 nitrogen and oxygen atoms in total. The van der Waals surface area contributed by atoms with Gasteiger partial charge < -0.3 is 0 Å². The summed E-state index contributed by atoms with van der Waals surface area (Å²) in [6.07, 6.45) is 4.47. The van der Waals surface area contributed by atoms with Crippen LogP contribution in [-0.2, 0) is 0 Å². The number of hydrogen-bond acceptors (Lipinski definition) is 1. The van der Waals surface area contributed by atoms with Crippen molar-refractivity contribution in [1.82, 2.24) is 0 Å². The van der Waals surface area contributed by atoms with Gasteiger partial charge in [0, 0.05) is 6.54 Å². The molecule has 3 heteroatoms. The molecule has 0 saturated carbocycles. The van der Waals surface area contributed by atoms with Crippen molar-refractivity contribution >= 4 is 42.4 Å². The van der Waals surface area contributed by atoms with Crippen LogP contribution in [0.5, 0.6) is 0 Å². The van der Waals surface area contributed by atoms with Crippen LogP contribution in [0.1, 0.15) is 12.8 Å². The second kappa shape index (κ2) is 6.80. The zero-order chi connectivity index (χ0) is 3.54. The molecular formula is C4H11AlLiN. The molecule has 1 aliphatic rings. The molecule has 1 heterocycles. The maximum atomic E-state index is 3.96. The van der Waals surface area contributed by atoms with Crippen LogP contribution in [0.4, 0.5) is 0 Å². The molecule has 0 spiro atoms. The van der Waals surface area contributed by atoms with Crippen molar-refractivity contribution in [2.75, 3.05) is 6.54 Å². The minimum atomic E-state index is 0. The summed E-state index contributed by atoms with van der Waals surface area (Å²) in [5, 5.41) is 0. The van der Waals surface area contributed by atoms with E-state index in [-0.39, 0.29) is 36.2 Å². The van der Waals surface area contributed by atoms with Crippen molar-refractivity contribution in [3.8, 4) is 0 Å². The Labute approximate surface area is 66.9 Å². The van der Waals surface area contributed by atoms with Crippen LogP contribution in [0.25, 0.3) is 0 Å². The second-order valence-corrected chi connectivity index (χ2v) is 1.23. The number of hydrogen-bond donors (Lipinski definition) is 0. The summed E-state index contributed by atoms with van der Waals surface area (Å²) in [4.78, 5) is 3.96. The standard InChI is InChI=1S/C4H7N.Al.Li.4H/c1-2-4-5-3-1;;;;;;/h3H,1-2,4H2;;;;;;. The first kappa shape index (κ1) is 10.7. The summed E-state index contributed by atoms with van der Waals surface area (Å²) in [7, 11) is 0. The Hall–Kier alpha value is 0.800. The summed E-state index contributed by atoms with van der Waals surface area (Å²) in [6.45, 7) is 1.07. The molecule has 0 saturated heterocycles. The fourth-order valence-corrected chi connectivity index (χ4v) is 0.456. The summed E-state index contributed by atoms with van der Waals surface area (Å²) in [6, 6.07) is 0. The van der Waals surface area contributed by atoms with Crippen LogP contribution in [-0.4, -0.2) is 49.0 Å². The predicted molar refractivity (Wildman–Crippen MR) is 39.7 cm³/mol. The maximum absolute atomic E-state index is 3.96. The van der Waals surface area contributed by atoms with Crippen molar-refractivity contribution < 1.29 is 0 Å². The van der Waals surface area contributed by atoms with Gasteiger partial charge in [-0.25, -0.2) is 0 Å². The van der Waals surface area contributed by atoms with E-state index in [1.165, 1.54) is 12.8 Å². The molecule has 0 amide bonds. The first-order valence-corrected chi connectivity index (χ1v) is 1.98.